The van der Waals surface area contributed by atoms with Gasteiger partial charge < -0.3 is 5.11 Å². The lowest BCUT2D eigenvalue weighted by Gasteiger charge is -2.08. The predicted molar refractivity (Wildman–Crippen MR) is 58.2 cm³/mol. The summed E-state index contributed by atoms with van der Waals surface area (Å²) in [6, 6.07) is 5.63. The number of rotatable bonds is 3. The zero-order chi connectivity index (χ0) is 11.7. The Labute approximate surface area is 92.7 Å². The minimum Gasteiger partial charge on any atom is -0.481 e. The maximum Gasteiger partial charge on any atom is 0.306 e. The van der Waals surface area contributed by atoms with E-state index in [-0.39, 0.29) is 0 Å². The molecule has 5 nitrogen and oxygen atoms in total. The van der Waals surface area contributed by atoms with Crippen LogP contribution in [0.3, 0.4) is 0 Å². The summed E-state index contributed by atoms with van der Waals surface area (Å²) in [7, 11) is 0. The highest BCUT2D eigenvalue weighted by atomic mass is 16.4. The summed E-state index contributed by atoms with van der Waals surface area (Å²) in [5.74, 6) is -0.418. The molecule has 0 amide bonds. The summed E-state index contributed by atoms with van der Waals surface area (Å²) in [5, 5.41) is 16.9. The number of pyridine rings is 1. The second kappa shape index (κ2) is 3.92. The van der Waals surface area contributed by atoms with Crippen LogP contribution >= 0.6 is 0 Å². The van der Waals surface area contributed by atoms with Gasteiger partial charge in [0, 0.05) is 12.1 Å². The maximum absolute atomic E-state index is 10.8. The fraction of sp³-hybridized carbons (Fsp3) is 0.364. The van der Waals surface area contributed by atoms with Gasteiger partial charge in [-0.2, -0.15) is 0 Å². The highest BCUT2D eigenvalue weighted by molar-refractivity contribution is 5.69. The summed E-state index contributed by atoms with van der Waals surface area (Å²) in [6.07, 6.45) is 0.478. The van der Waals surface area contributed by atoms with Crippen molar-refractivity contribution < 1.29 is 9.90 Å². The van der Waals surface area contributed by atoms with Crippen molar-refractivity contribution in [3.05, 3.63) is 29.7 Å². The van der Waals surface area contributed by atoms with E-state index in [2.05, 4.69) is 10.2 Å². The normalized spacial score (nSPS) is 12.9. The third-order valence-electron chi connectivity index (χ3n) is 2.61. The number of nitrogens with zero attached hydrogens (tertiary/aromatic N) is 3. The van der Waals surface area contributed by atoms with Crippen LogP contribution in [0.2, 0.25) is 0 Å². The molecule has 0 saturated carbocycles. The number of aryl methyl sites for hydroxylation is 1. The molecule has 1 N–H and O–H groups in total. The molecular formula is C11H13N3O2. The summed E-state index contributed by atoms with van der Waals surface area (Å²) >= 11 is 0. The standard InChI is InChI=1S/C11H13N3O2/c1-7(11(15)16)6-9-4-3-5-10-13-12-8(2)14(9)10/h3-5,7H,6H2,1-2H3,(H,15,16). The Morgan fingerprint density at radius 1 is 1.50 bits per heavy atom. The molecule has 0 radical (unpaired) electrons. The van der Waals surface area contributed by atoms with E-state index in [1.807, 2.05) is 29.5 Å². The Bertz CT molecular complexity index is 533. The highest BCUT2D eigenvalue weighted by Gasteiger charge is 2.14. The molecule has 2 aromatic rings. The van der Waals surface area contributed by atoms with Gasteiger partial charge >= 0.3 is 5.97 Å². The molecule has 0 spiro atoms. The average Bonchev–Trinajstić information content (AvgIpc) is 2.61. The van der Waals surface area contributed by atoms with Gasteiger partial charge in [-0.15, -0.1) is 10.2 Å². The first-order valence-corrected chi connectivity index (χ1v) is 5.12. The third kappa shape index (κ3) is 1.76. The molecule has 0 aliphatic heterocycles. The fourth-order valence-corrected chi connectivity index (χ4v) is 1.72. The molecule has 5 heteroatoms. The molecule has 0 fully saturated rings. The number of carboxylic acid groups (broad SMARTS) is 1. The smallest absolute Gasteiger partial charge is 0.306 e. The number of hydrogen-bond donors (Lipinski definition) is 1. The molecule has 84 valence electrons. The summed E-state index contributed by atoms with van der Waals surface area (Å²) in [6.45, 7) is 3.55. The molecular weight excluding hydrogens is 206 g/mol. The second-order valence-corrected chi connectivity index (χ2v) is 3.90. The highest BCUT2D eigenvalue weighted by Crippen LogP contribution is 2.12. The molecule has 1 atom stereocenters. The second-order valence-electron chi connectivity index (χ2n) is 3.90. The van der Waals surface area contributed by atoms with E-state index in [0.29, 0.717) is 6.42 Å². The first-order valence-electron chi connectivity index (χ1n) is 5.12. The molecule has 16 heavy (non-hydrogen) atoms. The van der Waals surface area contributed by atoms with Crippen LogP contribution in [0.1, 0.15) is 18.4 Å². The van der Waals surface area contributed by atoms with E-state index in [9.17, 15) is 4.79 Å². The Morgan fingerprint density at radius 2 is 2.25 bits per heavy atom. The van der Waals surface area contributed by atoms with Crippen molar-refractivity contribution in [2.24, 2.45) is 5.92 Å². The van der Waals surface area contributed by atoms with Crippen LogP contribution in [-0.2, 0) is 11.2 Å². The van der Waals surface area contributed by atoms with E-state index < -0.39 is 11.9 Å². The Kier molecular flexibility index (Phi) is 2.60. The Morgan fingerprint density at radius 3 is 2.94 bits per heavy atom. The van der Waals surface area contributed by atoms with Crippen LogP contribution < -0.4 is 0 Å². The van der Waals surface area contributed by atoms with Crippen LogP contribution in [0.25, 0.3) is 5.65 Å². The minimum absolute atomic E-state index is 0.410. The molecule has 0 saturated heterocycles. The number of fused-ring (bicyclic) bond motifs is 1. The van der Waals surface area contributed by atoms with Gasteiger partial charge in [0.1, 0.15) is 5.82 Å². The molecule has 2 aromatic heterocycles. The lowest BCUT2D eigenvalue weighted by molar-refractivity contribution is -0.141. The number of aliphatic carboxylic acids is 1. The first-order chi connectivity index (χ1) is 7.59. The summed E-state index contributed by atoms with van der Waals surface area (Å²) in [5.41, 5.74) is 1.68. The summed E-state index contributed by atoms with van der Waals surface area (Å²) < 4.78 is 1.89. The molecule has 0 aliphatic carbocycles. The van der Waals surface area contributed by atoms with Gasteiger partial charge in [0.25, 0.3) is 0 Å². The van der Waals surface area contributed by atoms with E-state index >= 15 is 0 Å². The SMILES string of the molecule is Cc1nnc2cccc(CC(C)C(=O)O)n12. The van der Waals surface area contributed by atoms with Crippen molar-refractivity contribution in [3.63, 3.8) is 0 Å². The first kappa shape index (κ1) is 10.6. The number of carbonyl (C=O) groups is 1. The largest absolute Gasteiger partial charge is 0.481 e. The van der Waals surface area contributed by atoms with Gasteiger partial charge in [0.2, 0.25) is 0 Å². The molecule has 2 heterocycles. The zero-order valence-electron chi connectivity index (χ0n) is 9.21. The minimum atomic E-state index is -0.789. The zero-order valence-corrected chi connectivity index (χ0v) is 9.21. The van der Waals surface area contributed by atoms with Gasteiger partial charge in [0.15, 0.2) is 5.65 Å². The van der Waals surface area contributed by atoms with Gasteiger partial charge in [-0.25, -0.2) is 0 Å². The fourth-order valence-electron chi connectivity index (χ4n) is 1.72. The Balaban J connectivity index is 2.44. The van der Waals surface area contributed by atoms with E-state index in [1.165, 1.54) is 0 Å². The van der Waals surface area contributed by atoms with Crippen molar-refractivity contribution in [3.8, 4) is 0 Å². The lowest BCUT2D eigenvalue weighted by atomic mass is 10.1. The van der Waals surface area contributed by atoms with Crippen LogP contribution in [0.15, 0.2) is 18.2 Å². The van der Waals surface area contributed by atoms with E-state index in [1.54, 1.807) is 6.92 Å². The van der Waals surface area contributed by atoms with E-state index in [0.717, 1.165) is 17.2 Å². The van der Waals surface area contributed by atoms with Gasteiger partial charge in [0.05, 0.1) is 5.92 Å². The summed E-state index contributed by atoms with van der Waals surface area (Å²) in [4.78, 5) is 10.8. The van der Waals surface area contributed by atoms with Gasteiger partial charge in [-0.1, -0.05) is 13.0 Å². The van der Waals surface area contributed by atoms with Crippen LogP contribution in [0.5, 0.6) is 0 Å². The van der Waals surface area contributed by atoms with Crippen molar-refractivity contribution in [1.82, 2.24) is 14.6 Å². The number of carboxylic acids is 1. The molecule has 2 rings (SSSR count). The topological polar surface area (TPSA) is 67.5 Å². The van der Waals surface area contributed by atoms with Crippen molar-refractivity contribution in [2.45, 2.75) is 20.3 Å². The third-order valence-corrected chi connectivity index (χ3v) is 2.61. The number of aromatic nitrogens is 3. The van der Waals surface area contributed by atoms with E-state index in [4.69, 9.17) is 5.11 Å². The number of hydrogen-bond acceptors (Lipinski definition) is 3. The lowest BCUT2D eigenvalue weighted by Crippen LogP contribution is -2.14. The Hall–Kier alpha value is -1.91. The van der Waals surface area contributed by atoms with Gasteiger partial charge in [-0.05, 0) is 19.1 Å². The predicted octanol–water partition coefficient (Wildman–Crippen LogP) is 1.30. The van der Waals surface area contributed by atoms with Crippen LogP contribution in [0, 0.1) is 12.8 Å². The molecule has 0 aliphatic rings. The monoisotopic (exact) mass is 219 g/mol. The quantitative estimate of drug-likeness (QED) is 0.844. The van der Waals surface area contributed by atoms with Crippen LogP contribution in [-0.4, -0.2) is 25.7 Å². The molecule has 0 aromatic carbocycles. The van der Waals surface area contributed by atoms with Crippen molar-refractivity contribution >= 4 is 11.6 Å². The average molecular weight is 219 g/mol. The van der Waals surface area contributed by atoms with Crippen LogP contribution in [0.4, 0.5) is 0 Å². The van der Waals surface area contributed by atoms with Crippen molar-refractivity contribution in [1.29, 1.82) is 0 Å². The molecule has 0 bridgehead atoms. The van der Waals surface area contributed by atoms with Gasteiger partial charge in [-0.3, -0.25) is 9.20 Å². The maximum atomic E-state index is 10.8. The van der Waals surface area contributed by atoms with Crippen molar-refractivity contribution in [2.75, 3.05) is 0 Å². The molecule has 1 unspecified atom stereocenters.